The molecule has 66 valence electrons. The van der Waals surface area contributed by atoms with Crippen molar-refractivity contribution in [2.24, 2.45) is 5.10 Å². The predicted octanol–water partition coefficient (Wildman–Crippen LogP) is 1.40. The zero-order valence-electron chi connectivity index (χ0n) is 8.06. The van der Waals surface area contributed by atoms with Crippen molar-refractivity contribution in [1.82, 2.24) is 5.43 Å². The van der Waals surface area contributed by atoms with Gasteiger partial charge >= 0.3 is 0 Å². The molecule has 0 fully saturated rings. The van der Waals surface area contributed by atoms with Crippen LogP contribution in [0.1, 0.15) is 27.2 Å². The average Bonchev–Trinajstić information content (AvgIpc) is 1.87. The van der Waals surface area contributed by atoms with Crippen molar-refractivity contribution in [3.63, 3.8) is 0 Å². The third kappa shape index (κ3) is 4.79. The van der Waals surface area contributed by atoms with Crippen molar-refractivity contribution in [3.8, 4) is 0 Å². The molecule has 0 heterocycles. The van der Waals surface area contributed by atoms with Crippen LogP contribution in [-0.4, -0.2) is 25.5 Å². The van der Waals surface area contributed by atoms with E-state index in [1.54, 1.807) is 14.2 Å². The molecule has 0 bridgehead atoms. The van der Waals surface area contributed by atoms with Crippen LogP contribution in [0.2, 0.25) is 0 Å². The van der Waals surface area contributed by atoms with Gasteiger partial charge in [-0.3, -0.25) is 0 Å². The van der Waals surface area contributed by atoms with Crippen molar-refractivity contribution in [2.75, 3.05) is 14.2 Å². The van der Waals surface area contributed by atoms with Crippen LogP contribution in [0, 0.1) is 0 Å². The van der Waals surface area contributed by atoms with Crippen LogP contribution in [0.25, 0.3) is 0 Å². The number of hydrazone groups is 1. The van der Waals surface area contributed by atoms with Crippen molar-refractivity contribution in [3.05, 3.63) is 0 Å². The smallest absolute Gasteiger partial charge is 0.0675 e. The maximum Gasteiger partial charge on any atom is 0.0675 e. The van der Waals surface area contributed by atoms with Gasteiger partial charge in [0.25, 0.3) is 0 Å². The molecule has 0 aromatic carbocycles. The Hall–Kier alpha value is -0.570. The Kier molecular flexibility index (Phi) is 4.11. The van der Waals surface area contributed by atoms with Gasteiger partial charge in [0, 0.05) is 26.3 Å². The Morgan fingerprint density at radius 1 is 1.55 bits per heavy atom. The molecule has 0 spiro atoms. The second-order valence-corrected chi connectivity index (χ2v) is 3.21. The summed E-state index contributed by atoms with van der Waals surface area (Å²) >= 11 is 0. The lowest BCUT2D eigenvalue weighted by Gasteiger charge is -2.22. The molecular weight excluding hydrogens is 140 g/mol. The van der Waals surface area contributed by atoms with E-state index in [4.69, 9.17) is 4.74 Å². The number of nitrogens with one attached hydrogen (secondary N) is 1. The monoisotopic (exact) mass is 158 g/mol. The van der Waals surface area contributed by atoms with Gasteiger partial charge < -0.3 is 10.2 Å². The molecule has 0 amide bonds. The summed E-state index contributed by atoms with van der Waals surface area (Å²) < 4.78 is 5.25. The molecule has 3 nitrogen and oxygen atoms in total. The number of methoxy groups -OCH3 is 1. The molecule has 11 heavy (non-hydrogen) atoms. The minimum Gasteiger partial charge on any atom is -0.378 e. The van der Waals surface area contributed by atoms with Crippen molar-refractivity contribution < 1.29 is 4.74 Å². The second kappa shape index (κ2) is 4.34. The highest BCUT2D eigenvalue weighted by molar-refractivity contribution is 5.82. The summed E-state index contributed by atoms with van der Waals surface area (Å²) in [4.78, 5) is 0. The van der Waals surface area contributed by atoms with E-state index in [1.807, 2.05) is 20.8 Å². The van der Waals surface area contributed by atoms with Crippen LogP contribution in [-0.2, 0) is 4.74 Å². The number of hydrogen-bond donors (Lipinski definition) is 1. The molecule has 0 saturated carbocycles. The van der Waals surface area contributed by atoms with Crippen molar-refractivity contribution in [2.45, 2.75) is 32.8 Å². The van der Waals surface area contributed by atoms with E-state index >= 15 is 0 Å². The van der Waals surface area contributed by atoms with E-state index in [0.717, 1.165) is 12.1 Å². The molecule has 0 aromatic heterocycles. The van der Waals surface area contributed by atoms with Crippen LogP contribution in [0.5, 0.6) is 0 Å². The van der Waals surface area contributed by atoms with E-state index < -0.39 is 0 Å². The SMILES string of the molecule is CN/N=C(\C)CC(C)(C)OC. The molecular formula is C8H18N2O. The minimum absolute atomic E-state index is 0.107. The average molecular weight is 158 g/mol. The highest BCUT2D eigenvalue weighted by Gasteiger charge is 2.17. The van der Waals surface area contributed by atoms with E-state index in [2.05, 4.69) is 10.5 Å². The minimum atomic E-state index is -0.107. The van der Waals surface area contributed by atoms with Gasteiger partial charge in [-0.2, -0.15) is 5.10 Å². The lowest BCUT2D eigenvalue weighted by molar-refractivity contribution is 0.0291. The molecule has 0 unspecified atom stereocenters. The number of rotatable bonds is 4. The first-order valence-electron chi connectivity index (χ1n) is 3.77. The van der Waals surface area contributed by atoms with E-state index in [9.17, 15) is 0 Å². The molecule has 0 atom stereocenters. The van der Waals surface area contributed by atoms with Crippen molar-refractivity contribution in [1.29, 1.82) is 0 Å². The van der Waals surface area contributed by atoms with Gasteiger partial charge in [-0.05, 0) is 20.8 Å². The van der Waals surface area contributed by atoms with E-state index in [-0.39, 0.29) is 5.60 Å². The standard InChI is InChI=1S/C8H18N2O/c1-7(10-9-4)6-8(2,3)11-5/h9H,6H2,1-5H3/b10-7+. The first-order valence-corrected chi connectivity index (χ1v) is 3.77. The van der Waals surface area contributed by atoms with Gasteiger partial charge in [-0.1, -0.05) is 0 Å². The number of ether oxygens (including phenoxy) is 1. The first-order chi connectivity index (χ1) is 5.02. The van der Waals surface area contributed by atoms with Crippen LogP contribution >= 0.6 is 0 Å². The first kappa shape index (κ1) is 10.4. The third-order valence-corrected chi connectivity index (χ3v) is 1.54. The molecule has 0 aliphatic carbocycles. The second-order valence-electron chi connectivity index (χ2n) is 3.21. The maximum atomic E-state index is 5.25. The summed E-state index contributed by atoms with van der Waals surface area (Å²) in [5.41, 5.74) is 3.69. The Labute approximate surface area is 68.8 Å². The normalized spacial score (nSPS) is 13.4. The maximum absolute atomic E-state index is 5.25. The van der Waals surface area contributed by atoms with Gasteiger partial charge in [-0.15, -0.1) is 0 Å². The number of hydrogen-bond acceptors (Lipinski definition) is 3. The molecule has 3 heteroatoms. The van der Waals surface area contributed by atoms with Gasteiger partial charge in [-0.25, -0.2) is 0 Å². The van der Waals surface area contributed by atoms with Crippen molar-refractivity contribution >= 4 is 5.71 Å². The summed E-state index contributed by atoms with van der Waals surface area (Å²) in [5.74, 6) is 0. The Morgan fingerprint density at radius 3 is 2.45 bits per heavy atom. The molecule has 1 N–H and O–H groups in total. The Balaban J connectivity index is 3.92. The Morgan fingerprint density at radius 2 is 2.09 bits per heavy atom. The van der Waals surface area contributed by atoms with Gasteiger partial charge in [0.05, 0.1) is 5.60 Å². The van der Waals surface area contributed by atoms with Crippen LogP contribution < -0.4 is 5.43 Å². The summed E-state index contributed by atoms with van der Waals surface area (Å²) in [6, 6.07) is 0. The molecule has 0 aliphatic heterocycles. The predicted molar refractivity (Wildman–Crippen MR) is 47.9 cm³/mol. The fourth-order valence-corrected chi connectivity index (χ4v) is 0.919. The third-order valence-electron chi connectivity index (χ3n) is 1.54. The number of nitrogens with zero attached hydrogens (tertiary/aromatic N) is 1. The summed E-state index contributed by atoms with van der Waals surface area (Å²) in [5, 5.41) is 4.04. The largest absolute Gasteiger partial charge is 0.378 e. The summed E-state index contributed by atoms with van der Waals surface area (Å²) in [6.45, 7) is 6.07. The van der Waals surface area contributed by atoms with Crippen LogP contribution in [0.4, 0.5) is 0 Å². The molecule has 0 saturated heterocycles. The Bertz CT molecular complexity index is 141. The zero-order chi connectivity index (χ0) is 8.91. The topological polar surface area (TPSA) is 33.6 Å². The highest BCUT2D eigenvalue weighted by Crippen LogP contribution is 2.13. The lowest BCUT2D eigenvalue weighted by atomic mass is 10.0. The van der Waals surface area contributed by atoms with E-state index in [0.29, 0.717) is 0 Å². The van der Waals surface area contributed by atoms with Crippen LogP contribution in [0.3, 0.4) is 0 Å². The van der Waals surface area contributed by atoms with Gasteiger partial charge in [0.15, 0.2) is 0 Å². The fourth-order valence-electron chi connectivity index (χ4n) is 0.919. The molecule has 0 rings (SSSR count). The molecule has 0 aliphatic rings. The summed E-state index contributed by atoms with van der Waals surface area (Å²) in [6.07, 6.45) is 0.852. The van der Waals surface area contributed by atoms with Crippen LogP contribution in [0.15, 0.2) is 5.10 Å². The fraction of sp³-hybridized carbons (Fsp3) is 0.875. The van der Waals surface area contributed by atoms with E-state index in [1.165, 1.54) is 0 Å². The quantitative estimate of drug-likeness (QED) is 0.495. The van der Waals surface area contributed by atoms with Gasteiger partial charge in [0.1, 0.15) is 0 Å². The molecule has 0 radical (unpaired) electrons. The highest BCUT2D eigenvalue weighted by atomic mass is 16.5. The summed E-state index contributed by atoms with van der Waals surface area (Å²) in [7, 11) is 3.51. The molecule has 0 aromatic rings. The zero-order valence-corrected chi connectivity index (χ0v) is 8.06. The lowest BCUT2D eigenvalue weighted by Crippen LogP contribution is -2.26. The van der Waals surface area contributed by atoms with Gasteiger partial charge in [0.2, 0.25) is 0 Å².